The number of anilines is 2. The van der Waals surface area contributed by atoms with Gasteiger partial charge in [-0.25, -0.2) is 9.07 Å². The molecule has 164 valence electrons. The van der Waals surface area contributed by atoms with Crippen LogP contribution in [0.25, 0.3) is 5.69 Å². The molecule has 1 N–H and O–H groups in total. The molecule has 5 rings (SSSR count). The number of aromatic nitrogens is 2. The van der Waals surface area contributed by atoms with Gasteiger partial charge in [-0.2, -0.15) is 5.10 Å². The number of alkyl halides is 3. The zero-order valence-corrected chi connectivity index (χ0v) is 16.4. The topological polar surface area (TPSA) is 76.5 Å². The molecule has 0 saturated carbocycles. The highest BCUT2D eigenvalue weighted by Gasteiger charge is 2.56. The second kappa shape index (κ2) is 6.55. The number of halogens is 4. The molecule has 2 amide bonds. The lowest BCUT2D eigenvalue weighted by molar-refractivity contribution is -0.274. The highest BCUT2D eigenvalue weighted by molar-refractivity contribution is 6.15. The molecular formula is C21H14F4N4O3. The molecule has 1 aromatic heterocycles. The van der Waals surface area contributed by atoms with Crippen LogP contribution in [0.15, 0.2) is 48.7 Å². The lowest BCUT2D eigenvalue weighted by Crippen LogP contribution is -2.45. The third-order valence-electron chi connectivity index (χ3n) is 5.68. The molecule has 1 spiro atoms. The molecule has 0 bridgehead atoms. The molecule has 0 fully saturated rings. The van der Waals surface area contributed by atoms with E-state index in [-0.39, 0.29) is 12.2 Å². The average Bonchev–Trinajstić information content (AvgIpc) is 3.22. The van der Waals surface area contributed by atoms with E-state index in [0.29, 0.717) is 22.5 Å². The number of benzene rings is 2. The SMILES string of the molecule is CN1C(=O)[C@@]2(CC(=O)Nc3c2cnn3-c2ccc(OC(F)(F)F)cc2)c2ccc(F)cc21. The number of rotatable bonds is 2. The van der Waals surface area contributed by atoms with E-state index >= 15 is 0 Å². The van der Waals surface area contributed by atoms with Crippen LogP contribution in [-0.2, 0) is 15.0 Å². The van der Waals surface area contributed by atoms with Crippen molar-refractivity contribution >= 4 is 23.3 Å². The number of ether oxygens (including phenoxy) is 1. The molecule has 0 saturated heterocycles. The summed E-state index contributed by atoms with van der Waals surface area (Å²) in [5, 5.41) is 6.96. The van der Waals surface area contributed by atoms with Crippen molar-refractivity contribution in [1.29, 1.82) is 0 Å². The summed E-state index contributed by atoms with van der Waals surface area (Å²) in [6.45, 7) is 0. The lowest BCUT2D eigenvalue weighted by Gasteiger charge is -2.32. The predicted octanol–water partition coefficient (Wildman–Crippen LogP) is 3.51. The first-order valence-corrected chi connectivity index (χ1v) is 9.43. The first kappa shape index (κ1) is 20.0. The molecule has 11 heteroatoms. The summed E-state index contributed by atoms with van der Waals surface area (Å²) < 4.78 is 56.3. The zero-order chi connectivity index (χ0) is 22.8. The van der Waals surface area contributed by atoms with Crippen LogP contribution < -0.4 is 15.0 Å². The molecular weight excluding hydrogens is 432 g/mol. The Morgan fingerprint density at radius 2 is 1.81 bits per heavy atom. The third-order valence-corrected chi connectivity index (χ3v) is 5.68. The molecule has 2 aromatic carbocycles. The van der Waals surface area contributed by atoms with Crippen molar-refractivity contribution in [2.75, 3.05) is 17.3 Å². The van der Waals surface area contributed by atoms with Crippen LogP contribution in [0.3, 0.4) is 0 Å². The van der Waals surface area contributed by atoms with Crippen LogP contribution in [0.4, 0.5) is 29.1 Å². The fraction of sp³-hybridized carbons (Fsp3) is 0.190. The summed E-state index contributed by atoms with van der Waals surface area (Å²) in [6, 6.07) is 8.85. The van der Waals surface area contributed by atoms with Gasteiger partial charge in [-0.15, -0.1) is 13.2 Å². The Labute approximate surface area is 178 Å². The molecule has 32 heavy (non-hydrogen) atoms. The van der Waals surface area contributed by atoms with E-state index in [4.69, 9.17) is 0 Å². The predicted molar refractivity (Wildman–Crippen MR) is 104 cm³/mol. The minimum absolute atomic E-state index is 0.189. The Bertz CT molecular complexity index is 1270. The number of carbonyl (C=O) groups is 2. The number of fused-ring (bicyclic) bond motifs is 4. The van der Waals surface area contributed by atoms with Gasteiger partial charge in [0.05, 0.1) is 17.6 Å². The van der Waals surface area contributed by atoms with Gasteiger partial charge in [0.2, 0.25) is 11.8 Å². The Morgan fingerprint density at radius 3 is 2.50 bits per heavy atom. The number of nitrogens with zero attached hydrogens (tertiary/aromatic N) is 3. The fourth-order valence-corrected chi connectivity index (χ4v) is 4.36. The van der Waals surface area contributed by atoms with E-state index in [9.17, 15) is 27.2 Å². The van der Waals surface area contributed by atoms with Crippen molar-refractivity contribution in [3.8, 4) is 11.4 Å². The molecule has 0 radical (unpaired) electrons. The summed E-state index contributed by atoms with van der Waals surface area (Å²) in [5.41, 5.74) is 0.215. The number of hydrogen-bond acceptors (Lipinski definition) is 4. The number of hydrogen-bond donors (Lipinski definition) is 1. The first-order chi connectivity index (χ1) is 15.1. The van der Waals surface area contributed by atoms with Gasteiger partial charge in [0, 0.05) is 19.0 Å². The second-order valence-corrected chi connectivity index (χ2v) is 7.52. The second-order valence-electron chi connectivity index (χ2n) is 7.52. The number of nitrogens with one attached hydrogen (secondary N) is 1. The van der Waals surface area contributed by atoms with E-state index in [0.717, 1.165) is 12.1 Å². The average molecular weight is 446 g/mol. The molecule has 0 aliphatic carbocycles. The van der Waals surface area contributed by atoms with Crippen molar-refractivity contribution in [2.45, 2.75) is 18.2 Å². The molecule has 0 unspecified atom stereocenters. The maximum Gasteiger partial charge on any atom is 0.573 e. The Morgan fingerprint density at radius 1 is 1.09 bits per heavy atom. The summed E-state index contributed by atoms with van der Waals surface area (Å²) in [7, 11) is 1.51. The Kier molecular flexibility index (Phi) is 4.10. The molecule has 3 heterocycles. The van der Waals surface area contributed by atoms with E-state index in [1.807, 2.05) is 0 Å². The van der Waals surface area contributed by atoms with Gasteiger partial charge in [0.25, 0.3) is 0 Å². The lowest BCUT2D eigenvalue weighted by atomic mass is 9.72. The summed E-state index contributed by atoms with van der Waals surface area (Å²) in [4.78, 5) is 27.3. The smallest absolute Gasteiger partial charge is 0.406 e. The van der Waals surface area contributed by atoms with E-state index in [2.05, 4.69) is 15.2 Å². The number of likely N-dealkylation sites (N-methyl/N-ethyl adjacent to an activating group) is 1. The monoisotopic (exact) mass is 446 g/mol. The van der Waals surface area contributed by atoms with E-state index in [1.54, 1.807) is 0 Å². The minimum atomic E-state index is -4.82. The van der Waals surface area contributed by atoms with Crippen LogP contribution in [0.1, 0.15) is 17.5 Å². The van der Waals surface area contributed by atoms with Crippen LogP contribution in [-0.4, -0.2) is 35.0 Å². The van der Waals surface area contributed by atoms with Gasteiger partial charge in [-0.3, -0.25) is 9.59 Å². The van der Waals surface area contributed by atoms with Crippen molar-refractivity contribution in [1.82, 2.24) is 9.78 Å². The van der Waals surface area contributed by atoms with Gasteiger partial charge in [-0.05, 0) is 42.0 Å². The fourth-order valence-electron chi connectivity index (χ4n) is 4.36. The van der Waals surface area contributed by atoms with Crippen molar-refractivity contribution < 1.29 is 31.9 Å². The first-order valence-electron chi connectivity index (χ1n) is 9.43. The van der Waals surface area contributed by atoms with Crippen molar-refractivity contribution in [2.24, 2.45) is 0 Å². The van der Waals surface area contributed by atoms with E-state index in [1.165, 1.54) is 53.2 Å². The maximum atomic E-state index is 13.8. The highest BCUT2D eigenvalue weighted by Crippen LogP contribution is 2.52. The normalized spacial score (nSPS) is 19.7. The van der Waals surface area contributed by atoms with Gasteiger partial charge in [0.15, 0.2) is 0 Å². The maximum absolute atomic E-state index is 13.8. The van der Waals surface area contributed by atoms with Gasteiger partial charge in [-0.1, -0.05) is 6.07 Å². The van der Waals surface area contributed by atoms with Crippen LogP contribution in [0.5, 0.6) is 5.75 Å². The molecule has 2 aliphatic heterocycles. The summed E-state index contributed by atoms with van der Waals surface area (Å²) in [5.74, 6) is -1.56. The molecule has 2 aliphatic rings. The van der Waals surface area contributed by atoms with Crippen molar-refractivity contribution in [3.63, 3.8) is 0 Å². The Balaban J connectivity index is 1.63. The number of amides is 2. The van der Waals surface area contributed by atoms with Crippen LogP contribution in [0, 0.1) is 5.82 Å². The summed E-state index contributed by atoms with van der Waals surface area (Å²) in [6.07, 6.45) is -3.58. The quantitative estimate of drug-likeness (QED) is 0.612. The minimum Gasteiger partial charge on any atom is -0.406 e. The largest absolute Gasteiger partial charge is 0.573 e. The molecule has 7 nitrogen and oxygen atoms in total. The van der Waals surface area contributed by atoms with Crippen LogP contribution in [0.2, 0.25) is 0 Å². The standard InChI is InChI=1S/C21H14F4N4O3/c1-28-16-8-11(22)2-7-14(16)20(19(28)31)9-17(30)27-18-15(20)10-26-29(18)12-3-5-13(6-4-12)32-21(23,24)25/h2-8,10H,9H2,1H3,(H,27,30)/t20-/m0/s1. The summed E-state index contributed by atoms with van der Waals surface area (Å²) >= 11 is 0. The Hall–Kier alpha value is -3.89. The van der Waals surface area contributed by atoms with Crippen molar-refractivity contribution in [3.05, 3.63) is 65.6 Å². The van der Waals surface area contributed by atoms with Gasteiger partial charge >= 0.3 is 6.36 Å². The molecule has 3 aromatic rings. The van der Waals surface area contributed by atoms with E-state index < -0.39 is 35.2 Å². The highest BCUT2D eigenvalue weighted by atomic mass is 19.4. The molecule has 1 atom stereocenters. The zero-order valence-electron chi connectivity index (χ0n) is 16.4. The third kappa shape index (κ3) is 2.84. The van der Waals surface area contributed by atoms with Gasteiger partial charge in [0.1, 0.15) is 22.8 Å². The van der Waals surface area contributed by atoms with Crippen LogP contribution >= 0.6 is 0 Å². The number of carbonyl (C=O) groups excluding carboxylic acids is 2. The van der Waals surface area contributed by atoms with Gasteiger partial charge < -0.3 is 15.0 Å².